The Hall–Kier alpha value is -4.10. The Bertz CT molecular complexity index is 1440. The molecular formula is C33H27N. The first kappa shape index (κ1) is 20.5. The average molecular weight is 438 g/mol. The van der Waals surface area contributed by atoms with Crippen LogP contribution >= 0.6 is 0 Å². The quantitative estimate of drug-likeness (QED) is 0.292. The van der Waals surface area contributed by atoms with Crippen molar-refractivity contribution < 1.29 is 0 Å². The van der Waals surface area contributed by atoms with Crippen LogP contribution in [0.5, 0.6) is 0 Å². The van der Waals surface area contributed by atoms with Crippen LogP contribution in [0.15, 0.2) is 121 Å². The molecule has 0 aromatic heterocycles. The molecule has 0 unspecified atom stereocenters. The highest BCUT2D eigenvalue weighted by molar-refractivity contribution is 5.89. The maximum Gasteiger partial charge on any atom is 0.0714 e. The summed E-state index contributed by atoms with van der Waals surface area (Å²) in [6.07, 6.45) is 0. The normalized spacial score (nSPS) is 13.2. The lowest BCUT2D eigenvalue weighted by Crippen LogP contribution is -2.28. The third-order valence-electron chi connectivity index (χ3n) is 7.09. The van der Waals surface area contributed by atoms with Crippen molar-refractivity contribution in [1.82, 2.24) is 0 Å². The molecule has 34 heavy (non-hydrogen) atoms. The Morgan fingerprint density at radius 3 is 1.85 bits per heavy atom. The second-order valence-corrected chi connectivity index (χ2v) is 9.23. The summed E-state index contributed by atoms with van der Waals surface area (Å²) in [5.41, 5.74) is 12.3. The van der Waals surface area contributed by atoms with E-state index in [1.807, 2.05) is 0 Å². The molecule has 5 aromatic rings. The highest BCUT2D eigenvalue weighted by atomic mass is 14.9. The fraction of sp³-hybridized carbons (Fsp3) is 0.0909. The molecule has 0 aliphatic heterocycles. The van der Waals surface area contributed by atoms with Gasteiger partial charge in [-0.15, -0.1) is 0 Å². The predicted molar refractivity (Wildman–Crippen MR) is 143 cm³/mol. The first-order valence-corrected chi connectivity index (χ1v) is 11.9. The Balaban J connectivity index is 1.66. The lowest BCUT2D eigenvalue weighted by molar-refractivity contribution is 0.768. The van der Waals surface area contributed by atoms with Crippen LogP contribution in [0, 0.1) is 13.8 Å². The Labute approximate surface area is 201 Å². The van der Waals surface area contributed by atoms with Gasteiger partial charge in [-0.2, -0.15) is 0 Å². The van der Waals surface area contributed by atoms with Gasteiger partial charge in [-0.25, -0.2) is 0 Å². The van der Waals surface area contributed by atoms with E-state index in [-0.39, 0.29) is 5.41 Å². The van der Waals surface area contributed by atoms with Gasteiger partial charge in [0, 0.05) is 11.4 Å². The summed E-state index contributed by atoms with van der Waals surface area (Å²) >= 11 is 0. The first-order chi connectivity index (χ1) is 16.7. The summed E-state index contributed by atoms with van der Waals surface area (Å²) in [5.74, 6) is 0. The smallest absolute Gasteiger partial charge is 0.0714 e. The van der Waals surface area contributed by atoms with E-state index in [4.69, 9.17) is 0 Å². The van der Waals surface area contributed by atoms with Gasteiger partial charge in [-0.3, -0.25) is 0 Å². The fourth-order valence-electron chi connectivity index (χ4n) is 5.69. The van der Waals surface area contributed by atoms with Gasteiger partial charge in [0.2, 0.25) is 0 Å². The van der Waals surface area contributed by atoms with E-state index in [1.165, 1.54) is 44.5 Å². The average Bonchev–Trinajstić information content (AvgIpc) is 3.17. The maximum atomic E-state index is 3.66. The second kappa shape index (κ2) is 8.04. The third-order valence-corrected chi connectivity index (χ3v) is 7.09. The Morgan fingerprint density at radius 2 is 1.18 bits per heavy atom. The molecule has 0 atom stereocenters. The number of hydrogen-bond donors (Lipinski definition) is 1. The van der Waals surface area contributed by atoms with Crippen LogP contribution < -0.4 is 5.32 Å². The number of anilines is 2. The van der Waals surface area contributed by atoms with E-state index in [2.05, 4.69) is 140 Å². The molecule has 164 valence electrons. The van der Waals surface area contributed by atoms with E-state index in [9.17, 15) is 0 Å². The topological polar surface area (TPSA) is 12.0 Å². The molecule has 0 spiro atoms. The zero-order valence-electron chi connectivity index (χ0n) is 19.5. The molecule has 1 aliphatic rings. The lowest BCUT2D eigenvalue weighted by Gasteiger charge is -2.34. The van der Waals surface area contributed by atoms with E-state index in [0.29, 0.717) is 0 Å². The van der Waals surface area contributed by atoms with Gasteiger partial charge in [0.15, 0.2) is 0 Å². The zero-order chi connectivity index (χ0) is 23.1. The summed E-state index contributed by atoms with van der Waals surface area (Å²) in [7, 11) is 0. The molecule has 1 nitrogen and oxygen atoms in total. The van der Waals surface area contributed by atoms with Gasteiger partial charge >= 0.3 is 0 Å². The van der Waals surface area contributed by atoms with Crippen LogP contribution in [0.1, 0.15) is 33.4 Å². The van der Waals surface area contributed by atoms with Crippen molar-refractivity contribution in [3.8, 4) is 11.1 Å². The Morgan fingerprint density at radius 1 is 0.529 bits per heavy atom. The van der Waals surface area contributed by atoms with Crippen molar-refractivity contribution in [1.29, 1.82) is 0 Å². The van der Waals surface area contributed by atoms with Gasteiger partial charge in [0.25, 0.3) is 0 Å². The molecule has 0 saturated heterocycles. The summed E-state index contributed by atoms with van der Waals surface area (Å²) < 4.78 is 0. The monoisotopic (exact) mass is 437 g/mol. The Kier molecular flexibility index (Phi) is 4.85. The molecule has 0 saturated carbocycles. The number of fused-ring (bicyclic) bond motifs is 3. The van der Waals surface area contributed by atoms with Crippen molar-refractivity contribution in [2.75, 3.05) is 5.32 Å². The van der Waals surface area contributed by atoms with E-state index in [1.54, 1.807) is 0 Å². The maximum absolute atomic E-state index is 3.66. The van der Waals surface area contributed by atoms with Gasteiger partial charge in [0.1, 0.15) is 0 Å². The van der Waals surface area contributed by atoms with Crippen molar-refractivity contribution in [2.24, 2.45) is 0 Å². The van der Waals surface area contributed by atoms with E-state index < -0.39 is 0 Å². The van der Waals surface area contributed by atoms with Gasteiger partial charge in [-0.05, 0) is 82.6 Å². The minimum atomic E-state index is -0.372. The largest absolute Gasteiger partial charge is 0.356 e. The zero-order valence-corrected chi connectivity index (χ0v) is 19.5. The minimum absolute atomic E-state index is 0.372. The second-order valence-electron chi connectivity index (χ2n) is 9.23. The first-order valence-electron chi connectivity index (χ1n) is 11.9. The van der Waals surface area contributed by atoms with Gasteiger partial charge in [0.05, 0.1) is 5.41 Å². The van der Waals surface area contributed by atoms with Crippen LogP contribution in [-0.4, -0.2) is 0 Å². The molecule has 0 fully saturated rings. The highest BCUT2D eigenvalue weighted by Gasteiger charge is 2.46. The van der Waals surface area contributed by atoms with Crippen molar-refractivity contribution >= 4 is 11.4 Å². The standard InChI is InChI=1S/C33H27N/c1-23-11-9-17-27(21-23)34-28-19-20-29-31(22-28)33(25-13-5-3-6-14-25,26-15-7-4-8-16-26)30-18-10-12-24(2)32(29)30/h3-22,34H,1-2H3. The third kappa shape index (κ3) is 3.08. The molecular weight excluding hydrogens is 410 g/mol. The number of nitrogens with one attached hydrogen (secondary N) is 1. The molecule has 5 aromatic carbocycles. The van der Waals surface area contributed by atoms with Crippen molar-refractivity contribution in [2.45, 2.75) is 19.3 Å². The summed E-state index contributed by atoms with van der Waals surface area (Å²) in [6, 6.07) is 44.1. The predicted octanol–water partition coefficient (Wildman–Crippen LogP) is 8.41. The number of rotatable bonds is 4. The van der Waals surface area contributed by atoms with Crippen LogP contribution in [-0.2, 0) is 5.41 Å². The van der Waals surface area contributed by atoms with Crippen LogP contribution in [0.25, 0.3) is 11.1 Å². The molecule has 1 heteroatoms. The van der Waals surface area contributed by atoms with E-state index in [0.717, 1.165) is 11.4 Å². The SMILES string of the molecule is Cc1cccc(Nc2ccc3c(c2)C(c2ccccc2)(c2ccccc2)c2cccc(C)c2-3)c1. The highest BCUT2D eigenvalue weighted by Crippen LogP contribution is 2.57. The molecule has 0 amide bonds. The molecule has 6 rings (SSSR count). The van der Waals surface area contributed by atoms with Crippen LogP contribution in [0.2, 0.25) is 0 Å². The number of hydrogen-bond acceptors (Lipinski definition) is 1. The lowest BCUT2D eigenvalue weighted by atomic mass is 9.67. The summed E-state index contributed by atoms with van der Waals surface area (Å²) in [4.78, 5) is 0. The van der Waals surface area contributed by atoms with Crippen LogP contribution in [0.3, 0.4) is 0 Å². The van der Waals surface area contributed by atoms with Crippen molar-refractivity contribution in [3.63, 3.8) is 0 Å². The fourth-order valence-corrected chi connectivity index (χ4v) is 5.69. The molecule has 0 radical (unpaired) electrons. The molecule has 0 heterocycles. The van der Waals surface area contributed by atoms with Crippen LogP contribution in [0.4, 0.5) is 11.4 Å². The molecule has 0 bridgehead atoms. The molecule has 1 N–H and O–H groups in total. The molecule has 1 aliphatic carbocycles. The number of benzene rings is 5. The van der Waals surface area contributed by atoms with E-state index >= 15 is 0 Å². The van der Waals surface area contributed by atoms with Gasteiger partial charge in [-0.1, -0.05) is 97.1 Å². The number of aryl methyl sites for hydroxylation is 2. The minimum Gasteiger partial charge on any atom is -0.356 e. The van der Waals surface area contributed by atoms with Crippen molar-refractivity contribution in [3.05, 3.63) is 155 Å². The van der Waals surface area contributed by atoms with Gasteiger partial charge < -0.3 is 5.32 Å². The summed E-state index contributed by atoms with van der Waals surface area (Å²) in [6.45, 7) is 4.36. The summed E-state index contributed by atoms with van der Waals surface area (Å²) in [5, 5.41) is 3.66.